The molecule has 1 aliphatic carbocycles. The van der Waals surface area contributed by atoms with Crippen LogP contribution in [0.1, 0.15) is 43.2 Å². The molecule has 0 atom stereocenters. The fourth-order valence-corrected chi connectivity index (χ4v) is 3.94. The van der Waals surface area contributed by atoms with Gasteiger partial charge in [0.05, 0.1) is 12.5 Å². The second kappa shape index (κ2) is 8.41. The van der Waals surface area contributed by atoms with Gasteiger partial charge in [0.1, 0.15) is 5.75 Å². The van der Waals surface area contributed by atoms with Gasteiger partial charge in [0.15, 0.2) is 0 Å². The summed E-state index contributed by atoms with van der Waals surface area (Å²) in [6.45, 7) is 4.95. The molecule has 0 spiro atoms. The van der Waals surface area contributed by atoms with Crippen LogP contribution in [0.5, 0.6) is 5.75 Å². The molecule has 5 heteroatoms. The number of amides is 1. The number of hydrogen-bond donors (Lipinski definition) is 1. The van der Waals surface area contributed by atoms with E-state index >= 15 is 0 Å². The maximum atomic E-state index is 13.2. The van der Waals surface area contributed by atoms with Gasteiger partial charge in [-0.1, -0.05) is 12.1 Å². The molecule has 1 saturated heterocycles. The first-order valence-electron chi connectivity index (χ1n) is 9.20. The van der Waals surface area contributed by atoms with Crippen LogP contribution in [-0.4, -0.2) is 44.6 Å². The van der Waals surface area contributed by atoms with Gasteiger partial charge in [-0.25, -0.2) is 0 Å². The number of rotatable bonds is 6. The first-order valence-corrected chi connectivity index (χ1v) is 9.20. The van der Waals surface area contributed by atoms with Crippen molar-refractivity contribution in [2.75, 3.05) is 33.8 Å². The number of benzene rings is 1. The predicted octanol–water partition coefficient (Wildman–Crippen LogP) is 3.31. The van der Waals surface area contributed by atoms with E-state index in [-0.39, 0.29) is 17.8 Å². The molecule has 1 N–H and O–H groups in total. The van der Waals surface area contributed by atoms with E-state index in [1.807, 2.05) is 14.0 Å². The molecule has 1 aromatic rings. The Labute approximate surface area is 157 Å². The van der Waals surface area contributed by atoms with Gasteiger partial charge < -0.3 is 15.0 Å². The third-order valence-corrected chi connectivity index (χ3v) is 5.82. The first kappa shape index (κ1) is 20.1. The highest BCUT2D eigenvalue weighted by Gasteiger charge is 2.53. The Hall–Kier alpha value is -1.26. The highest BCUT2D eigenvalue weighted by atomic mass is 35.5. The highest BCUT2D eigenvalue weighted by molar-refractivity contribution is 5.91. The molecule has 4 nitrogen and oxygen atoms in total. The molecule has 140 valence electrons. The number of ether oxygens (including phenoxy) is 1. The molecule has 0 unspecified atom stereocenters. The van der Waals surface area contributed by atoms with Gasteiger partial charge >= 0.3 is 0 Å². The Morgan fingerprint density at radius 3 is 2.56 bits per heavy atom. The third kappa shape index (κ3) is 4.12. The summed E-state index contributed by atoms with van der Waals surface area (Å²) in [5.41, 5.74) is 1.97. The largest absolute Gasteiger partial charge is 0.496 e. The normalized spacial score (nSPS) is 19.2. The zero-order valence-electron chi connectivity index (χ0n) is 15.6. The van der Waals surface area contributed by atoms with Crippen molar-refractivity contribution in [1.82, 2.24) is 10.2 Å². The molecular weight excluding hydrogens is 336 g/mol. The number of aryl methyl sites for hydroxylation is 1. The van der Waals surface area contributed by atoms with E-state index in [0.29, 0.717) is 5.91 Å². The Balaban J connectivity index is 0.00000225. The van der Waals surface area contributed by atoms with Crippen LogP contribution in [0.15, 0.2) is 18.2 Å². The average molecular weight is 367 g/mol. The summed E-state index contributed by atoms with van der Waals surface area (Å²) in [5.74, 6) is 1.98. The Morgan fingerprint density at radius 2 is 2.00 bits per heavy atom. The van der Waals surface area contributed by atoms with E-state index in [0.717, 1.165) is 68.1 Å². The topological polar surface area (TPSA) is 41.6 Å². The van der Waals surface area contributed by atoms with Crippen LogP contribution in [-0.2, 0) is 10.2 Å². The summed E-state index contributed by atoms with van der Waals surface area (Å²) >= 11 is 0. The van der Waals surface area contributed by atoms with E-state index in [4.69, 9.17) is 4.74 Å². The zero-order chi connectivity index (χ0) is 17.2. The molecule has 0 aromatic heterocycles. The minimum Gasteiger partial charge on any atom is -0.496 e. The number of likely N-dealkylation sites (tertiary alicyclic amines) is 1. The molecule has 1 heterocycles. The van der Waals surface area contributed by atoms with Gasteiger partial charge in [0.25, 0.3) is 0 Å². The summed E-state index contributed by atoms with van der Waals surface area (Å²) in [7, 11) is 3.70. The van der Waals surface area contributed by atoms with Crippen molar-refractivity contribution >= 4 is 18.3 Å². The van der Waals surface area contributed by atoms with Crippen molar-refractivity contribution in [3.8, 4) is 5.75 Å². The van der Waals surface area contributed by atoms with Crippen LogP contribution >= 0.6 is 12.4 Å². The summed E-state index contributed by atoms with van der Waals surface area (Å²) in [4.78, 5) is 15.3. The Morgan fingerprint density at radius 1 is 1.32 bits per heavy atom. The van der Waals surface area contributed by atoms with Gasteiger partial charge in [-0.3, -0.25) is 4.79 Å². The number of halogens is 1. The number of carbonyl (C=O) groups excluding carboxylic acids is 1. The molecule has 0 bridgehead atoms. The van der Waals surface area contributed by atoms with Crippen LogP contribution < -0.4 is 10.1 Å². The average Bonchev–Trinajstić information content (AvgIpc) is 3.42. The number of methoxy groups -OCH3 is 1. The second-order valence-corrected chi connectivity index (χ2v) is 7.39. The van der Waals surface area contributed by atoms with Crippen molar-refractivity contribution in [2.24, 2.45) is 5.92 Å². The number of piperidine rings is 1. The molecule has 2 fully saturated rings. The lowest BCUT2D eigenvalue weighted by Crippen LogP contribution is -2.44. The fraction of sp³-hybridized carbons (Fsp3) is 0.650. The number of hydrogen-bond acceptors (Lipinski definition) is 3. The van der Waals surface area contributed by atoms with Gasteiger partial charge in [0.2, 0.25) is 5.91 Å². The quantitative estimate of drug-likeness (QED) is 0.839. The fourth-order valence-electron chi connectivity index (χ4n) is 3.94. The summed E-state index contributed by atoms with van der Waals surface area (Å²) in [5, 5.41) is 3.23. The van der Waals surface area contributed by atoms with E-state index in [2.05, 4.69) is 28.4 Å². The SMILES string of the molecule is CNCCC1CCN(C(=O)C2(c3ccc(C)c(OC)c3)CC2)CC1.Cl. The first-order chi connectivity index (χ1) is 11.6. The van der Waals surface area contributed by atoms with E-state index in [9.17, 15) is 4.79 Å². The van der Waals surface area contributed by atoms with Gasteiger partial charge in [-0.15, -0.1) is 12.4 Å². The lowest BCUT2D eigenvalue weighted by molar-refractivity contribution is -0.135. The maximum Gasteiger partial charge on any atom is 0.233 e. The molecule has 25 heavy (non-hydrogen) atoms. The van der Waals surface area contributed by atoms with E-state index in [1.165, 1.54) is 6.42 Å². The van der Waals surface area contributed by atoms with Crippen LogP contribution in [0.25, 0.3) is 0 Å². The maximum absolute atomic E-state index is 13.2. The highest BCUT2D eigenvalue weighted by Crippen LogP contribution is 2.50. The predicted molar refractivity (Wildman–Crippen MR) is 104 cm³/mol. The monoisotopic (exact) mass is 366 g/mol. The third-order valence-electron chi connectivity index (χ3n) is 5.82. The molecule has 1 aromatic carbocycles. The summed E-state index contributed by atoms with van der Waals surface area (Å²) in [6, 6.07) is 6.26. The van der Waals surface area contributed by atoms with Crippen molar-refractivity contribution in [3.05, 3.63) is 29.3 Å². The summed E-state index contributed by atoms with van der Waals surface area (Å²) in [6.07, 6.45) is 5.44. The zero-order valence-corrected chi connectivity index (χ0v) is 16.5. The smallest absolute Gasteiger partial charge is 0.233 e. The van der Waals surface area contributed by atoms with Crippen molar-refractivity contribution < 1.29 is 9.53 Å². The molecular formula is C20H31ClN2O2. The Kier molecular flexibility index (Phi) is 6.75. The van der Waals surface area contributed by atoms with Crippen LogP contribution in [0.4, 0.5) is 0 Å². The molecule has 1 saturated carbocycles. The van der Waals surface area contributed by atoms with Crippen LogP contribution in [0, 0.1) is 12.8 Å². The second-order valence-electron chi connectivity index (χ2n) is 7.39. The molecule has 0 radical (unpaired) electrons. The van der Waals surface area contributed by atoms with Gasteiger partial charge in [-0.2, -0.15) is 0 Å². The lowest BCUT2D eigenvalue weighted by Gasteiger charge is -2.34. The van der Waals surface area contributed by atoms with Gasteiger partial charge in [-0.05, 0) is 75.7 Å². The van der Waals surface area contributed by atoms with Crippen LogP contribution in [0.2, 0.25) is 0 Å². The minimum absolute atomic E-state index is 0. The minimum atomic E-state index is -0.279. The van der Waals surface area contributed by atoms with E-state index < -0.39 is 0 Å². The number of nitrogens with one attached hydrogen (secondary N) is 1. The van der Waals surface area contributed by atoms with E-state index in [1.54, 1.807) is 7.11 Å². The standard InChI is InChI=1S/C20H30N2O2.ClH/c1-15-4-5-17(14-18(15)24-3)20(9-10-20)19(23)22-12-7-16(8-13-22)6-11-21-2;/h4-5,14,16,21H,6-13H2,1-3H3;1H. The van der Waals surface area contributed by atoms with Gasteiger partial charge in [0, 0.05) is 13.1 Å². The van der Waals surface area contributed by atoms with Crippen molar-refractivity contribution in [3.63, 3.8) is 0 Å². The number of carbonyl (C=O) groups is 1. The van der Waals surface area contributed by atoms with Crippen LogP contribution in [0.3, 0.4) is 0 Å². The van der Waals surface area contributed by atoms with Crippen molar-refractivity contribution in [1.29, 1.82) is 0 Å². The molecule has 1 aliphatic heterocycles. The number of nitrogens with zero attached hydrogens (tertiary/aromatic N) is 1. The molecule has 2 aliphatic rings. The molecule has 3 rings (SSSR count). The lowest BCUT2D eigenvalue weighted by atomic mass is 9.89. The van der Waals surface area contributed by atoms with Crippen molar-refractivity contribution in [2.45, 2.75) is 44.4 Å². The molecule has 1 amide bonds. The Bertz CT molecular complexity index is 593. The summed E-state index contributed by atoms with van der Waals surface area (Å²) < 4.78 is 5.45.